The Bertz CT molecular complexity index is 1100. The monoisotopic (exact) mass is 380 g/mol. The number of hydrogen-bond donors (Lipinski definition) is 0. The third kappa shape index (κ3) is 3.24. The molecular formula is C21H21FN4O2. The molecule has 28 heavy (non-hydrogen) atoms. The number of anilines is 1. The van der Waals surface area contributed by atoms with E-state index in [1.54, 1.807) is 34.8 Å². The predicted octanol–water partition coefficient (Wildman–Crippen LogP) is 2.34. The van der Waals surface area contributed by atoms with Gasteiger partial charge in [0, 0.05) is 38.9 Å². The summed E-state index contributed by atoms with van der Waals surface area (Å²) >= 11 is 0. The number of carbonyl (C=O) groups excluding carboxylic acids is 1. The van der Waals surface area contributed by atoms with Crippen LogP contribution in [-0.4, -0.2) is 46.8 Å². The van der Waals surface area contributed by atoms with E-state index in [0.717, 1.165) is 11.3 Å². The molecule has 3 aromatic rings. The van der Waals surface area contributed by atoms with Crippen molar-refractivity contribution >= 4 is 22.5 Å². The molecule has 0 bridgehead atoms. The van der Waals surface area contributed by atoms with Crippen LogP contribution in [0.2, 0.25) is 0 Å². The minimum atomic E-state index is -0.345. The van der Waals surface area contributed by atoms with Gasteiger partial charge in [-0.1, -0.05) is 11.6 Å². The van der Waals surface area contributed by atoms with Crippen molar-refractivity contribution < 1.29 is 9.18 Å². The van der Waals surface area contributed by atoms with E-state index in [1.165, 1.54) is 12.1 Å². The Morgan fingerprint density at radius 2 is 1.71 bits per heavy atom. The molecule has 0 spiro atoms. The molecule has 2 heterocycles. The smallest absolute Gasteiger partial charge is 0.278 e. The fourth-order valence-electron chi connectivity index (χ4n) is 3.60. The van der Waals surface area contributed by atoms with Gasteiger partial charge < -0.3 is 9.80 Å². The summed E-state index contributed by atoms with van der Waals surface area (Å²) in [6.07, 6.45) is 0. The zero-order valence-electron chi connectivity index (χ0n) is 15.9. The highest BCUT2D eigenvalue weighted by atomic mass is 19.1. The molecule has 0 saturated carbocycles. The average molecular weight is 380 g/mol. The first-order chi connectivity index (χ1) is 13.4. The number of benzene rings is 2. The summed E-state index contributed by atoms with van der Waals surface area (Å²) in [5.74, 6) is -0.617. The molecule has 0 unspecified atom stereocenters. The summed E-state index contributed by atoms with van der Waals surface area (Å²) in [4.78, 5) is 29.6. The lowest BCUT2D eigenvalue weighted by Crippen LogP contribution is -2.50. The van der Waals surface area contributed by atoms with Gasteiger partial charge in [0.1, 0.15) is 5.82 Å². The summed E-state index contributed by atoms with van der Waals surface area (Å²) in [7, 11) is 1.74. The van der Waals surface area contributed by atoms with Crippen molar-refractivity contribution in [1.82, 2.24) is 14.7 Å². The normalized spacial score (nSPS) is 14.5. The van der Waals surface area contributed by atoms with Gasteiger partial charge in [0.2, 0.25) is 5.43 Å². The van der Waals surface area contributed by atoms with Crippen molar-refractivity contribution in [2.45, 2.75) is 6.92 Å². The van der Waals surface area contributed by atoms with Crippen LogP contribution in [0.25, 0.3) is 10.9 Å². The van der Waals surface area contributed by atoms with Crippen LogP contribution in [0.1, 0.15) is 16.1 Å². The molecule has 4 rings (SSSR count). The average Bonchev–Trinajstić information content (AvgIpc) is 2.71. The maximum absolute atomic E-state index is 13.1. The van der Waals surface area contributed by atoms with Crippen molar-refractivity contribution in [3.8, 4) is 0 Å². The highest BCUT2D eigenvalue weighted by Crippen LogP contribution is 2.18. The fraction of sp³-hybridized carbons (Fsp3) is 0.286. The van der Waals surface area contributed by atoms with Crippen LogP contribution in [0.3, 0.4) is 0 Å². The van der Waals surface area contributed by atoms with E-state index in [-0.39, 0.29) is 22.8 Å². The van der Waals surface area contributed by atoms with Gasteiger partial charge in [-0.15, -0.1) is 0 Å². The number of hydrogen-bond acceptors (Lipinski definition) is 4. The minimum Gasteiger partial charge on any atom is -0.368 e. The maximum Gasteiger partial charge on any atom is 0.278 e. The lowest BCUT2D eigenvalue weighted by atomic mass is 10.1. The first kappa shape index (κ1) is 18.2. The molecule has 0 radical (unpaired) electrons. The van der Waals surface area contributed by atoms with Crippen molar-refractivity contribution in [3.63, 3.8) is 0 Å². The largest absolute Gasteiger partial charge is 0.368 e. The van der Waals surface area contributed by atoms with Gasteiger partial charge in [-0.2, -0.15) is 5.10 Å². The van der Waals surface area contributed by atoms with Crippen LogP contribution in [0.5, 0.6) is 0 Å². The topological polar surface area (TPSA) is 58.4 Å². The van der Waals surface area contributed by atoms with E-state index >= 15 is 0 Å². The molecule has 6 nitrogen and oxygen atoms in total. The highest BCUT2D eigenvalue weighted by molar-refractivity contribution is 5.95. The van der Waals surface area contributed by atoms with Gasteiger partial charge in [-0.25, -0.2) is 4.39 Å². The number of aromatic nitrogens is 2. The predicted molar refractivity (Wildman–Crippen MR) is 106 cm³/mol. The lowest BCUT2D eigenvalue weighted by Gasteiger charge is -2.35. The van der Waals surface area contributed by atoms with E-state index in [4.69, 9.17) is 0 Å². The minimum absolute atomic E-state index is 0.0455. The molecule has 1 saturated heterocycles. The van der Waals surface area contributed by atoms with E-state index in [0.29, 0.717) is 37.1 Å². The second-order valence-electron chi connectivity index (χ2n) is 7.08. The molecule has 1 aliphatic rings. The number of amides is 1. The summed E-state index contributed by atoms with van der Waals surface area (Å²) in [5.41, 5.74) is 2.21. The Hall–Kier alpha value is -3.22. The van der Waals surface area contributed by atoms with Crippen LogP contribution < -0.4 is 10.3 Å². The fourth-order valence-corrected chi connectivity index (χ4v) is 3.60. The van der Waals surface area contributed by atoms with E-state index in [2.05, 4.69) is 10.00 Å². The lowest BCUT2D eigenvalue weighted by molar-refractivity contribution is 0.0737. The number of piperazine rings is 1. The molecule has 144 valence electrons. The van der Waals surface area contributed by atoms with Gasteiger partial charge >= 0.3 is 0 Å². The number of fused-ring (bicyclic) bond motifs is 1. The van der Waals surface area contributed by atoms with Gasteiger partial charge in [0.05, 0.1) is 10.9 Å². The van der Waals surface area contributed by atoms with E-state index in [9.17, 15) is 14.0 Å². The third-order valence-electron chi connectivity index (χ3n) is 5.17. The number of carbonyl (C=O) groups is 1. The van der Waals surface area contributed by atoms with Crippen LogP contribution in [-0.2, 0) is 7.05 Å². The molecular weight excluding hydrogens is 359 g/mol. The molecule has 7 heteroatoms. The van der Waals surface area contributed by atoms with E-state index in [1.807, 2.05) is 19.1 Å². The maximum atomic E-state index is 13.1. The molecule has 2 aromatic carbocycles. The van der Waals surface area contributed by atoms with Crippen molar-refractivity contribution in [3.05, 3.63) is 69.8 Å². The summed E-state index contributed by atoms with van der Waals surface area (Å²) in [6.45, 7) is 4.10. The quantitative estimate of drug-likeness (QED) is 0.685. The molecule has 0 N–H and O–H groups in total. The number of rotatable bonds is 2. The first-order valence-electron chi connectivity index (χ1n) is 9.21. The SMILES string of the molecule is Cc1ccc2c(c1)c(=O)c(C(=O)N1CCN(c3ccc(F)cc3)CC1)nn2C. The van der Waals surface area contributed by atoms with Crippen LogP contribution in [0, 0.1) is 12.7 Å². The zero-order valence-corrected chi connectivity index (χ0v) is 15.9. The van der Waals surface area contributed by atoms with Crippen molar-refractivity contribution in [2.24, 2.45) is 7.05 Å². The van der Waals surface area contributed by atoms with Crippen LogP contribution >= 0.6 is 0 Å². The Balaban J connectivity index is 1.56. The molecule has 1 aliphatic heterocycles. The summed E-state index contributed by atoms with van der Waals surface area (Å²) in [6, 6.07) is 11.9. The molecule has 0 aliphatic carbocycles. The molecule has 0 atom stereocenters. The number of nitrogens with zero attached hydrogens (tertiary/aromatic N) is 4. The zero-order chi connectivity index (χ0) is 19.8. The van der Waals surface area contributed by atoms with Gasteiger partial charge in [-0.05, 0) is 43.3 Å². The van der Waals surface area contributed by atoms with Gasteiger partial charge in [0.25, 0.3) is 5.91 Å². The van der Waals surface area contributed by atoms with Crippen molar-refractivity contribution in [1.29, 1.82) is 0 Å². The van der Waals surface area contributed by atoms with Crippen LogP contribution in [0.4, 0.5) is 10.1 Å². The molecule has 1 amide bonds. The highest BCUT2D eigenvalue weighted by Gasteiger charge is 2.26. The van der Waals surface area contributed by atoms with Crippen molar-refractivity contribution in [2.75, 3.05) is 31.1 Å². The number of halogens is 1. The molecule has 1 fully saturated rings. The molecule has 1 aromatic heterocycles. The second kappa shape index (κ2) is 7.07. The van der Waals surface area contributed by atoms with Gasteiger partial charge in [-0.3, -0.25) is 14.3 Å². The Labute approximate surface area is 161 Å². The second-order valence-corrected chi connectivity index (χ2v) is 7.08. The van der Waals surface area contributed by atoms with Gasteiger partial charge in [0.15, 0.2) is 5.69 Å². The first-order valence-corrected chi connectivity index (χ1v) is 9.21. The number of aryl methyl sites for hydroxylation is 2. The van der Waals surface area contributed by atoms with Crippen LogP contribution in [0.15, 0.2) is 47.3 Å². The Morgan fingerprint density at radius 3 is 2.39 bits per heavy atom. The standard InChI is InChI=1S/C21H21FN4O2/c1-14-3-8-18-17(13-14)20(27)19(23-24(18)2)21(28)26-11-9-25(10-12-26)16-6-4-15(22)5-7-16/h3-8,13H,9-12H2,1-2H3. The Morgan fingerprint density at radius 1 is 1.04 bits per heavy atom. The third-order valence-corrected chi connectivity index (χ3v) is 5.17. The van der Waals surface area contributed by atoms with E-state index < -0.39 is 0 Å². The Kier molecular flexibility index (Phi) is 4.58. The summed E-state index contributed by atoms with van der Waals surface area (Å²) in [5, 5.41) is 4.76. The summed E-state index contributed by atoms with van der Waals surface area (Å²) < 4.78 is 14.7.